The average Bonchev–Trinajstić information content (AvgIpc) is 2.75. The Morgan fingerprint density at radius 1 is 1.60 bits per heavy atom. The highest BCUT2D eigenvalue weighted by molar-refractivity contribution is 5.89. The number of carbonyl (C=O) groups is 1. The predicted molar refractivity (Wildman–Crippen MR) is 70.8 cm³/mol. The Kier molecular flexibility index (Phi) is 5.87. The second-order valence-corrected chi connectivity index (χ2v) is 4.89. The molecule has 0 saturated heterocycles. The van der Waals surface area contributed by atoms with Gasteiger partial charge in [0, 0.05) is 6.20 Å². The van der Waals surface area contributed by atoms with Crippen molar-refractivity contribution in [1.29, 1.82) is 0 Å². The topological polar surface area (TPSA) is 79.2 Å². The summed E-state index contributed by atoms with van der Waals surface area (Å²) in [6.07, 6.45) is 1.55. The molecule has 114 valence electrons. The number of hydrogen-bond donors (Lipinski definition) is 3. The van der Waals surface area contributed by atoms with Gasteiger partial charge in [0.1, 0.15) is 6.54 Å². The zero-order valence-electron chi connectivity index (χ0n) is 11.6. The minimum atomic E-state index is -2.50. The van der Waals surface area contributed by atoms with Crippen LogP contribution >= 0.6 is 0 Å². The van der Waals surface area contributed by atoms with Crippen LogP contribution in [0.5, 0.6) is 0 Å². The number of urea groups is 1. The summed E-state index contributed by atoms with van der Waals surface area (Å²) in [7, 11) is 0. The van der Waals surface area contributed by atoms with Crippen LogP contribution in [0.1, 0.15) is 26.7 Å². The molecule has 1 rings (SSSR count). The Morgan fingerprint density at radius 3 is 2.85 bits per heavy atom. The van der Waals surface area contributed by atoms with Crippen LogP contribution in [0.15, 0.2) is 12.4 Å². The Labute approximate surface area is 116 Å². The maximum absolute atomic E-state index is 12.2. The fraction of sp³-hybridized carbons (Fsp3) is 0.667. The number of halogens is 2. The van der Waals surface area contributed by atoms with Crippen LogP contribution in [0.3, 0.4) is 0 Å². The molecule has 0 aliphatic rings. The number of carbonyl (C=O) groups excluding carboxylic acids is 1. The molecule has 0 spiro atoms. The van der Waals surface area contributed by atoms with E-state index in [1.807, 2.05) is 6.92 Å². The summed E-state index contributed by atoms with van der Waals surface area (Å²) in [5.41, 5.74) is -0.391. The van der Waals surface area contributed by atoms with E-state index < -0.39 is 24.5 Å². The predicted octanol–water partition coefficient (Wildman–Crippen LogP) is 1.82. The monoisotopic (exact) mass is 290 g/mol. The van der Waals surface area contributed by atoms with Gasteiger partial charge in [-0.1, -0.05) is 13.3 Å². The number of aliphatic hydroxyl groups excluding tert-OH is 1. The maximum Gasteiger partial charge on any atom is 0.319 e. The summed E-state index contributed by atoms with van der Waals surface area (Å²) in [4.78, 5) is 11.8. The molecule has 0 fully saturated rings. The molecule has 2 amide bonds. The Hall–Kier alpha value is -1.70. The molecule has 0 radical (unpaired) electrons. The van der Waals surface area contributed by atoms with E-state index in [0.717, 1.165) is 11.1 Å². The Bertz CT molecular complexity index is 439. The van der Waals surface area contributed by atoms with Crippen molar-refractivity contribution in [3.8, 4) is 0 Å². The lowest BCUT2D eigenvalue weighted by molar-refractivity contribution is 0.122. The summed E-state index contributed by atoms with van der Waals surface area (Å²) in [5.74, 6) is 0. The van der Waals surface area contributed by atoms with Gasteiger partial charge in [-0.25, -0.2) is 13.6 Å². The minimum absolute atomic E-state index is 0.182. The normalized spacial score (nSPS) is 14.1. The van der Waals surface area contributed by atoms with Gasteiger partial charge in [-0.15, -0.1) is 0 Å². The fourth-order valence-electron chi connectivity index (χ4n) is 1.84. The highest BCUT2D eigenvalue weighted by Crippen LogP contribution is 2.12. The van der Waals surface area contributed by atoms with Crippen molar-refractivity contribution >= 4 is 11.7 Å². The molecule has 1 heterocycles. The van der Waals surface area contributed by atoms with Gasteiger partial charge in [-0.05, 0) is 13.3 Å². The second-order valence-electron chi connectivity index (χ2n) is 4.89. The van der Waals surface area contributed by atoms with Gasteiger partial charge < -0.3 is 15.7 Å². The number of nitrogens with one attached hydrogen (secondary N) is 2. The molecule has 1 atom stereocenters. The lowest BCUT2D eigenvalue weighted by Gasteiger charge is -2.28. The number of rotatable bonds is 7. The first kappa shape index (κ1) is 16.4. The molecule has 1 aromatic heterocycles. The van der Waals surface area contributed by atoms with Crippen LogP contribution in [-0.2, 0) is 6.54 Å². The van der Waals surface area contributed by atoms with E-state index in [-0.39, 0.29) is 6.61 Å². The van der Waals surface area contributed by atoms with Crippen LogP contribution in [0.2, 0.25) is 0 Å². The minimum Gasteiger partial charge on any atom is -0.394 e. The van der Waals surface area contributed by atoms with Crippen LogP contribution < -0.4 is 10.6 Å². The average molecular weight is 290 g/mol. The molecular formula is C12H20F2N4O2. The maximum atomic E-state index is 12.2. The van der Waals surface area contributed by atoms with E-state index in [0.29, 0.717) is 12.1 Å². The number of amides is 2. The largest absolute Gasteiger partial charge is 0.394 e. The van der Waals surface area contributed by atoms with E-state index in [1.54, 1.807) is 6.92 Å². The fourth-order valence-corrected chi connectivity index (χ4v) is 1.84. The van der Waals surface area contributed by atoms with Crippen LogP contribution in [0.4, 0.5) is 19.3 Å². The third kappa shape index (κ3) is 5.12. The van der Waals surface area contributed by atoms with E-state index in [9.17, 15) is 18.7 Å². The van der Waals surface area contributed by atoms with Crippen molar-refractivity contribution in [2.45, 2.75) is 45.2 Å². The van der Waals surface area contributed by atoms with Gasteiger partial charge >= 0.3 is 6.03 Å². The summed E-state index contributed by atoms with van der Waals surface area (Å²) in [6.45, 7) is 2.98. The second kappa shape index (κ2) is 7.18. The zero-order valence-corrected chi connectivity index (χ0v) is 11.6. The number of anilines is 1. The highest BCUT2D eigenvalue weighted by Gasteiger charge is 2.24. The molecule has 6 nitrogen and oxygen atoms in total. The third-order valence-electron chi connectivity index (χ3n) is 2.78. The smallest absolute Gasteiger partial charge is 0.319 e. The lowest BCUT2D eigenvalue weighted by Crippen LogP contribution is -2.50. The third-order valence-corrected chi connectivity index (χ3v) is 2.78. The first-order valence-electron chi connectivity index (χ1n) is 6.39. The van der Waals surface area contributed by atoms with Gasteiger partial charge in [-0.2, -0.15) is 5.10 Å². The summed E-state index contributed by atoms with van der Waals surface area (Å²) in [6, 6.07) is -0.508. The first-order chi connectivity index (χ1) is 9.38. The molecule has 20 heavy (non-hydrogen) atoms. The molecule has 0 aliphatic carbocycles. The van der Waals surface area contributed by atoms with Crippen molar-refractivity contribution in [1.82, 2.24) is 15.1 Å². The summed E-state index contributed by atoms with van der Waals surface area (Å²) >= 11 is 0. The number of nitrogens with zero attached hydrogens (tertiary/aromatic N) is 2. The number of alkyl halides is 2. The SMILES string of the molecule is CCCC(C)(CO)NC(=O)Nc1cnn(CC(F)F)c1. The highest BCUT2D eigenvalue weighted by atomic mass is 19.3. The van der Waals surface area contributed by atoms with Gasteiger partial charge in [-0.3, -0.25) is 4.68 Å². The van der Waals surface area contributed by atoms with Crippen LogP contribution in [0.25, 0.3) is 0 Å². The van der Waals surface area contributed by atoms with Gasteiger partial charge in [0.25, 0.3) is 6.43 Å². The summed E-state index contributed by atoms with van der Waals surface area (Å²) in [5, 5.41) is 18.2. The number of hydrogen-bond acceptors (Lipinski definition) is 3. The van der Waals surface area contributed by atoms with Crippen LogP contribution in [0, 0.1) is 0 Å². The molecule has 8 heteroatoms. The molecule has 0 aliphatic heterocycles. The number of aromatic nitrogens is 2. The van der Waals surface area contributed by atoms with E-state index in [1.165, 1.54) is 12.4 Å². The quantitative estimate of drug-likeness (QED) is 0.716. The van der Waals surface area contributed by atoms with Crippen LogP contribution in [-0.4, -0.2) is 39.5 Å². The standard InChI is InChI=1S/C12H20F2N4O2/c1-3-4-12(2,8-19)17-11(20)16-9-5-15-18(6-9)7-10(13)14/h5-6,10,19H,3-4,7-8H2,1-2H3,(H2,16,17,20). The zero-order chi connectivity index (χ0) is 15.2. The van der Waals surface area contributed by atoms with Crippen molar-refractivity contribution in [2.75, 3.05) is 11.9 Å². The van der Waals surface area contributed by atoms with Gasteiger partial charge in [0.15, 0.2) is 0 Å². The van der Waals surface area contributed by atoms with Crippen molar-refractivity contribution in [3.63, 3.8) is 0 Å². The van der Waals surface area contributed by atoms with Gasteiger partial charge in [0.2, 0.25) is 0 Å². The Balaban J connectivity index is 2.55. The van der Waals surface area contributed by atoms with E-state index in [4.69, 9.17) is 0 Å². The molecule has 1 unspecified atom stereocenters. The number of aliphatic hydroxyl groups is 1. The van der Waals surface area contributed by atoms with Gasteiger partial charge in [0.05, 0.1) is 24.0 Å². The van der Waals surface area contributed by atoms with E-state index in [2.05, 4.69) is 15.7 Å². The first-order valence-corrected chi connectivity index (χ1v) is 6.39. The summed E-state index contributed by atoms with van der Waals surface area (Å²) < 4.78 is 25.4. The molecular weight excluding hydrogens is 270 g/mol. The molecule has 0 bridgehead atoms. The van der Waals surface area contributed by atoms with Crippen molar-refractivity contribution < 1.29 is 18.7 Å². The Morgan fingerprint density at radius 2 is 2.30 bits per heavy atom. The lowest BCUT2D eigenvalue weighted by atomic mass is 9.98. The van der Waals surface area contributed by atoms with Crippen molar-refractivity contribution in [2.24, 2.45) is 0 Å². The molecule has 0 saturated carbocycles. The molecule has 0 aromatic carbocycles. The molecule has 1 aromatic rings. The van der Waals surface area contributed by atoms with Crippen molar-refractivity contribution in [3.05, 3.63) is 12.4 Å². The van der Waals surface area contributed by atoms with E-state index >= 15 is 0 Å². The molecule has 3 N–H and O–H groups in total.